The third-order valence-electron chi connectivity index (χ3n) is 5.54. The summed E-state index contributed by atoms with van der Waals surface area (Å²) in [6, 6.07) is 15.2. The molecule has 0 atom stereocenters. The number of pyridine rings is 1. The minimum atomic E-state index is -4.56. The summed E-state index contributed by atoms with van der Waals surface area (Å²) in [6.45, 7) is -0.283. The van der Waals surface area contributed by atoms with Crippen LogP contribution in [0, 0.1) is 0 Å². The van der Waals surface area contributed by atoms with Crippen molar-refractivity contribution in [3.63, 3.8) is 0 Å². The molecule has 5 aromatic rings. The molecule has 0 saturated carbocycles. The minimum Gasteiger partial charge on any atom is -0.267 e. The predicted octanol–water partition coefficient (Wildman–Crippen LogP) is 5.29. The standard InChI is InChI=1S/C24H14Cl2F3N5O2/c25-16-6-1-13(2-7-16)19-20(14-3-8-17(26)9-4-14)22(35)33(34-21(19)31-32-23(34)36)12-18-10-5-15(11-30-18)24(27,28)29/h1-11H,12H2,(H,32,36). The Morgan fingerprint density at radius 2 is 1.42 bits per heavy atom. The first-order valence-electron chi connectivity index (χ1n) is 10.4. The molecule has 182 valence electrons. The Hall–Kier alpha value is -3.89. The summed E-state index contributed by atoms with van der Waals surface area (Å²) in [5.74, 6) is 0. The number of halogens is 5. The van der Waals surface area contributed by atoms with Crippen molar-refractivity contribution in [3.8, 4) is 22.3 Å². The van der Waals surface area contributed by atoms with Crippen LogP contribution in [0.4, 0.5) is 13.2 Å². The van der Waals surface area contributed by atoms with Crippen molar-refractivity contribution in [2.24, 2.45) is 0 Å². The van der Waals surface area contributed by atoms with Gasteiger partial charge in [-0.15, -0.1) is 0 Å². The summed E-state index contributed by atoms with van der Waals surface area (Å²) in [5, 5.41) is 7.43. The van der Waals surface area contributed by atoms with Gasteiger partial charge in [-0.3, -0.25) is 9.78 Å². The van der Waals surface area contributed by atoms with Gasteiger partial charge in [-0.05, 0) is 47.5 Å². The van der Waals surface area contributed by atoms with Crippen LogP contribution in [0.25, 0.3) is 27.9 Å². The van der Waals surface area contributed by atoms with Gasteiger partial charge >= 0.3 is 11.9 Å². The van der Waals surface area contributed by atoms with Gasteiger partial charge in [-0.2, -0.15) is 22.8 Å². The molecule has 0 aliphatic rings. The zero-order chi connectivity index (χ0) is 25.6. The van der Waals surface area contributed by atoms with Crippen LogP contribution in [0.1, 0.15) is 11.3 Å². The number of H-pyrrole nitrogens is 1. The van der Waals surface area contributed by atoms with Crippen molar-refractivity contribution in [1.29, 1.82) is 0 Å². The van der Waals surface area contributed by atoms with Gasteiger partial charge < -0.3 is 0 Å². The van der Waals surface area contributed by atoms with E-state index in [2.05, 4.69) is 15.2 Å². The molecule has 3 heterocycles. The van der Waals surface area contributed by atoms with Crippen LogP contribution in [0.15, 0.2) is 76.4 Å². The first-order valence-corrected chi connectivity index (χ1v) is 11.2. The molecule has 1 N–H and O–H groups in total. The van der Waals surface area contributed by atoms with Gasteiger partial charge in [0, 0.05) is 21.8 Å². The molecular formula is C24H14Cl2F3N5O2. The quantitative estimate of drug-likeness (QED) is 0.341. The number of alkyl halides is 3. The largest absolute Gasteiger partial charge is 0.417 e. The lowest BCUT2D eigenvalue weighted by atomic mass is 9.96. The van der Waals surface area contributed by atoms with E-state index in [4.69, 9.17) is 23.2 Å². The average molecular weight is 532 g/mol. The lowest BCUT2D eigenvalue weighted by Crippen LogP contribution is -2.34. The number of rotatable bonds is 4. The maximum atomic E-state index is 13.9. The van der Waals surface area contributed by atoms with Crippen molar-refractivity contribution in [1.82, 2.24) is 24.4 Å². The Bertz CT molecular complexity index is 1690. The SMILES string of the molecule is O=c1c(-c2ccc(Cl)cc2)c(-c2ccc(Cl)cc2)c2n[nH]c(=O)n2n1Cc1ccc(C(F)(F)F)cn1. The molecule has 3 aromatic heterocycles. The van der Waals surface area contributed by atoms with E-state index in [0.29, 0.717) is 32.9 Å². The second-order valence-electron chi connectivity index (χ2n) is 7.83. The number of aromatic amines is 1. The molecule has 36 heavy (non-hydrogen) atoms. The van der Waals surface area contributed by atoms with Crippen molar-refractivity contribution in [3.05, 3.63) is 109 Å². The summed E-state index contributed by atoms with van der Waals surface area (Å²) in [5.41, 5.74) is -0.274. The summed E-state index contributed by atoms with van der Waals surface area (Å²) < 4.78 is 41.0. The molecule has 0 amide bonds. The molecule has 0 aliphatic heterocycles. The zero-order valence-corrected chi connectivity index (χ0v) is 19.6. The Labute approximate surface area is 210 Å². The molecule has 0 saturated heterocycles. The molecule has 12 heteroatoms. The van der Waals surface area contributed by atoms with Gasteiger partial charge in [0.15, 0.2) is 5.65 Å². The molecule has 2 aromatic carbocycles. The van der Waals surface area contributed by atoms with Gasteiger partial charge in [-0.1, -0.05) is 47.5 Å². The molecule has 0 fully saturated rings. The number of nitrogens with one attached hydrogen (secondary N) is 1. The fraction of sp³-hybridized carbons (Fsp3) is 0.0833. The summed E-state index contributed by atoms with van der Waals surface area (Å²) in [7, 11) is 0. The second-order valence-corrected chi connectivity index (χ2v) is 8.70. The number of fused-ring (bicyclic) bond motifs is 1. The summed E-state index contributed by atoms with van der Waals surface area (Å²) in [6.07, 6.45) is -3.88. The third kappa shape index (κ3) is 4.29. The maximum absolute atomic E-state index is 13.9. The van der Waals surface area contributed by atoms with Crippen LogP contribution in [-0.2, 0) is 12.7 Å². The van der Waals surface area contributed by atoms with E-state index in [9.17, 15) is 22.8 Å². The van der Waals surface area contributed by atoms with Gasteiger partial charge in [-0.25, -0.2) is 14.6 Å². The molecule has 5 rings (SSSR count). The van der Waals surface area contributed by atoms with E-state index in [1.54, 1.807) is 48.5 Å². The molecular weight excluding hydrogens is 518 g/mol. The van der Waals surface area contributed by atoms with Gasteiger partial charge in [0.05, 0.1) is 23.4 Å². The van der Waals surface area contributed by atoms with E-state index in [-0.39, 0.29) is 23.4 Å². The summed E-state index contributed by atoms with van der Waals surface area (Å²) >= 11 is 12.1. The number of hydrogen-bond donors (Lipinski definition) is 1. The molecule has 7 nitrogen and oxygen atoms in total. The van der Waals surface area contributed by atoms with Crippen LogP contribution in [-0.4, -0.2) is 24.4 Å². The highest BCUT2D eigenvalue weighted by molar-refractivity contribution is 6.31. The van der Waals surface area contributed by atoms with E-state index in [1.807, 2.05) is 0 Å². The number of nitrogens with zero attached hydrogens (tertiary/aromatic N) is 4. The Kier molecular flexibility index (Phi) is 5.93. The predicted molar refractivity (Wildman–Crippen MR) is 129 cm³/mol. The van der Waals surface area contributed by atoms with E-state index < -0.39 is 23.0 Å². The number of benzene rings is 2. The molecule has 0 unspecified atom stereocenters. The Morgan fingerprint density at radius 3 is 1.94 bits per heavy atom. The van der Waals surface area contributed by atoms with Crippen molar-refractivity contribution < 1.29 is 13.2 Å². The molecule has 0 spiro atoms. The second kappa shape index (κ2) is 8.96. The Morgan fingerprint density at radius 1 is 0.833 bits per heavy atom. The van der Waals surface area contributed by atoms with Crippen molar-refractivity contribution >= 4 is 28.8 Å². The van der Waals surface area contributed by atoms with Gasteiger partial charge in [0.2, 0.25) is 0 Å². The smallest absolute Gasteiger partial charge is 0.267 e. The molecule has 0 aliphatic carbocycles. The normalized spacial score (nSPS) is 11.8. The number of aromatic nitrogens is 5. The maximum Gasteiger partial charge on any atom is 0.417 e. The fourth-order valence-electron chi connectivity index (χ4n) is 3.87. The van der Waals surface area contributed by atoms with E-state index in [0.717, 1.165) is 21.3 Å². The number of hydrogen-bond acceptors (Lipinski definition) is 4. The lowest BCUT2D eigenvalue weighted by Gasteiger charge is -2.16. The highest BCUT2D eigenvalue weighted by Gasteiger charge is 2.31. The highest BCUT2D eigenvalue weighted by Crippen LogP contribution is 2.33. The van der Waals surface area contributed by atoms with Crippen molar-refractivity contribution in [2.45, 2.75) is 12.7 Å². The van der Waals surface area contributed by atoms with Crippen LogP contribution < -0.4 is 11.2 Å². The highest BCUT2D eigenvalue weighted by atomic mass is 35.5. The van der Waals surface area contributed by atoms with Gasteiger partial charge in [0.1, 0.15) is 0 Å². The van der Waals surface area contributed by atoms with E-state index in [1.165, 1.54) is 0 Å². The third-order valence-corrected chi connectivity index (χ3v) is 6.05. The van der Waals surface area contributed by atoms with Crippen LogP contribution in [0.3, 0.4) is 0 Å². The average Bonchev–Trinajstić information content (AvgIpc) is 3.23. The molecule has 0 radical (unpaired) electrons. The lowest BCUT2D eigenvalue weighted by molar-refractivity contribution is -0.137. The summed E-state index contributed by atoms with van der Waals surface area (Å²) in [4.78, 5) is 30.5. The molecule has 0 bridgehead atoms. The van der Waals surface area contributed by atoms with Crippen LogP contribution >= 0.6 is 23.2 Å². The fourth-order valence-corrected chi connectivity index (χ4v) is 4.12. The topological polar surface area (TPSA) is 85.0 Å². The minimum absolute atomic E-state index is 0.138. The Balaban J connectivity index is 1.79. The van der Waals surface area contributed by atoms with Crippen LogP contribution in [0.5, 0.6) is 0 Å². The van der Waals surface area contributed by atoms with Gasteiger partial charge in [0.25, 0.3) is 5.56 Å². The first kappa shape index (κ1) is 23.8. The zero-order valence-electron chi connectivity index (χ0n) is 18.1. The van der Waals surface area contributed by atoms with E-state index >= 15 is 0 Å². The van der Waals surface area contributed by atoms with Crippen LogP contribution in [0.2, 0.25) is 10.0 Å². The van der Waals surface area contributed by atoms with Crippen molar-refractivity contribution in [2.75, 3.05) is 0 Å². The monoisotopic (exact) mass is 531 g/mol. The first-order chi connectivity index (χ1) is 17.1.